The van der Waals surface area contributed by atoms with Gasteiger partial charge in [-0.15, -0.1) is 0 Å². The van der Waals surface area contributed by atoms with Gasteiger partial charge in [0.2, 0.25) is 0 Å². The topological polar surface area (TPSA) is 122 Å². The molecule has 1 aromatic rings. The first-order valence-corrected chi connectivity index (χ1v) is 6.11. The van der Waals surface area contributed by atoms with E-state index in [1.54, 1.807) is 6.07 Å². The first-order chi connectivity index (χ1) is 8.43. The molecule has 1 unspecified atom stereocenters. The second-order valence-electron chi connectivity index (χ2n) is 3.48. The normalized spacial score (nSPS) is 12.3. The van der Waals surface area contributed by atoms with Gasteiger partial charge in [0.05, 0.1) is 7.11 Å². The Hall–Kier alpha value is -1.40. The standard InChI is InChI=1S/C10H14NO6P/c1-16-10(13)7(11)4-6-2-3-9(8(12)5-6)17-18(14)15/h2-3,5,7,12,14-15H,4,11H2,1H3. The van der Waals surface area contributed by atoms with Crippen LogP contribution in [-0.2, 0) is 16.0 Å². The van der Waals surface area contributed by atoms with Gasteiger partial charge < -0.3 is 29.9 Å². The molecule has 5 N–H and O–H groups in total. The largest absolute Gasteiger partial charge is 0.504 e. The number of hydrogen-bond donors (Lipinski definition) is 4. The van der Waals surface area contributed by atoms with Gasteiger partial charge in [-0.1, -0.05) is 6.07 Å². The van der Waals surface area contributed by atoms with Crippen LogP contribution in [0.3, 0.4) is 0 Å². The van der Waals surface area contributed by atoms with Gasteiger partial charge in [0.1, 0.15) is 6.04 Å². The Labute approximate surface area is 105 Å². The number of nitrogens with two attached hydrogens (primary N) is 1. The van der Waals surface area contributed by atoms with E-state index < -0.39 is 20.6 Å². The molecule has 0 aliphatic heterocycles. The van der Waals surface area contributed by atoms with Crippen molar-refractivity contribution >= 4 is 14.6 Å². The zero-order chi connectivity index (χ0) is 13.7. The van der Waals surface area contributed by atoms with Crippen LogP contribution in [0.25, 0.3) is 0 Å². The first kappa shape index (κ1) is 14.7. The highest BCUT2D eigenvalue weighted by Crippen LogP contribution is 2.35. The second kappa shape index (κ2) is 6.51. The smallest absolute Gasteiger partial charge is 0.391 e. The Morgan fingerprint density at radius 2 is 2.17 bits per heavy atom. The summed E-state index contributed by atoms with van der Waals surface area (Å²) in [5, 5.41) is 9.56. The fourth-order valence-electron chi connectivity index (χ4n) is 1.34. The van der Waals surface area contributed by atoms with Crippen molar-refractivity contribution in [2.24, 2.45) is 5.73 Å². The third kappa shape index (κ3) is 4.12. The Bertz CT molecular complexity index is 425. The molecule has 0 radical (unpaired) electrons. The summed E-state index contributed by atoms with van der Waals surface area (Å²) in [5.41, 5.74) is 6.16. The van der Waals surface area contributed by atoms with E-state index in [2.05, 4.69) is 9.26 Å². The maximum Gasteiger partial charge on any atom is 0.391 e. The van der Waals surface area contributed by atoms with Crippen LogP contribution >= 0.6 is 8.60 Å². The molecule has 18 heavy (non-hydrogen) atoms. The summed E-state index contributed by atoms with van der Waals surface area (Å²) in [7, 11) is -1.35. The molecule has 8 heteroatoms. The fourth-order valence-corrected chi connectivity index (χ4v) is 1.67. The van der Waals surface area contributed by atoms with Crippen molar-refractivity contribution in [3.05, 3.63) is 23.8 Å². The van der Waals surface area contributed by atoms with Gasteiger partial charge in [-0.05, 0) is 24.1 Å². The van der Waals surface area contributed by atoms with Crippen LogP contribution in [0.15, 0.2) is 18.2 Å². The molecular weight excluding hydrogens is 261 g/mol. The van der Waals surface area contributed by atoms with Gasteiger partial charge in [0.15, 0.2) is 11.5 Å². The number of rotatable bonds is 5. The molecule has 1 aromatic carbocycles. The summed E-state index contributed by atoms with van der Waals surface area (Å²) in [6.45, 7) is 0. The minimum absolute atomic E-state index is 0.0542. The van der Waals surface area contributed by atoms with Crippen molar-refractivity contribution in [2.45, 2.75) is 12.5 Å². The number of phenols is 1. The van der Waals surface area contributed by atoms with Crippen LogP contribution in [0.2, 0.25) is 0 Å². The molecule has 0 saturated carbocycles. The Morgan fingerprint density at radius 1 is 1.50 bits per heavy atom. The van der Waals surface area contributed by atoms with Crippen molar-refractivity contribution in [1.29, 1.82) is 0 Å². The maximum absolute atomic E-state index is 11.1. The summed E-state index contributed by atoms with van der Waals surface area (Å²) >= 11 is 0. The van der Waals surface area contributed by atoms with Crippen molar-refractivity contribution in [3.63, 3.8) is 0 Å². The predicted molar refractivity (Wildman–Crippen MR) is 63.8 cm³/mol. The summed E-state index contributed by atoms with van der Waals surface area (Å²) in [6.07, 6.45) is 0.188. The molecule has 0 amide bonds. The molecule has 0 aromatic heterocycles. The lowest BCUT2D eigenvalue weighted by Crippen LogP contribution is -2.33. The van der Waals surface area contributed by atoms with Crippen molar-refractivity contribution < 1.29 is 28.9 Å². The molecule has 0 aliphatic carbocycles. The Morgan fingerprint density at radius 3 is 2.67 bits per heavy atom. The highest BCUT2D eigenvalue weighted by atomic mass is 31.2. The van der Waals surface area contributed by atoms with Crippen molar-refractivity contribution in [3.8, 4) is 11.5 Å². The third-order valence-corrected chi connectivity index (χ3v) is 2.52. The molecule has 0 bridgehead atoms. The van der Waals surface area contributed by atoms with Crippen LogP contribution in [-0.4, -0.2) is 34.0 Å². The molecule has 0 fully saturated rings. The van der Waals surface area contributed by atoms with Crippen LogP contribution in [0.5, 0.6) is 11.5 Å². The predicted octanol–water partition coefficient (Wildman–Crippen LogP) is 0.0253. The van der Waals surface area contributed by atoms with Crippen LogP contribution in [0.1, 0.15) is 5.56 Å². The minimum atomic E-state index is -2.59. The lowest BCUT2D eigenvalue weighted by molar-refractivity contribution is -0.142. The van der Waals surface area contributed by atoms with E-state index in [1.807, 2.05) is 0 Å². The molecule has 1 rings (SSSR count). The van der Waals surface area contributed by atoms with E-state index in [1.165, 1.54) is 19.2 Å². The number of ether oxygens (including phenoxy) is 1. The quantitative estimate of drug-likeness (QED) is 0.441. The van der Waals surface area contributed by atoms with Crippen molar-refractivity contribution in [2.75, 3.05) is 7.11 Å². The fraction of sp³-hybridized carbons (Fsp3) is 0.300. The first-order valence-electron chi connectivity index (χ1n) is 4.95. The molecule has 0 saturated heterocycles. The van der Waals surface area contributed by atoms with Crippen molar-refractivity contribution in [1.82, 2.24) is 0 Å². The second-order valence-corrected chi connectivity index (χ2v) is 4.17. The zero-order valence-corrected chi connectivity index (χ0v) is 10.5. The van der Waals surface area contributed by atoms with Gasteiger partial charge in [-0.25, -0.2) is 0 Å². The zero-order valence-electron chi connectivity index (χ0n) is 9.61. The van der Waals surface area contributed by atoms with Gasteiger partial charge in [-0.2, -0.15) is 0 Å². The van der Waals surface area contributed by atoms with E-state index in [4.69, 9.17) is 15.5 Å². The number of carbonyl (C=O) groups excluding carboxylic acids is 1. The van der Waals surface area contributed by atoms with Gasteiger partial charge >= 0.3 is 14.6 Å². The molecule has 0 aliphatic rings. The lowest BCUT2D eigenvalue weighted by atomic mass is 10.1. The van der Waals surface area contributed by atoms with Gasteiger partial charge in [0, 0.05) is 0 Å². The monoisotopic (exact) mass is 275 g/mol. The maximum atomic E-state index is 11.1. The Kier molecular flexibility index (Phi) is 5.30. The van der Waals surface area contributed by atoms with Gasteiger partial charge in [0.25, 0.3) is 0 Å². The summed E-state index contributed by atoms with van der Waals surface area (Å²) in [5.74, 6) is -0.870. The Balaban J connectivity index is 2.75. The molecule has 0 spiro atoms. The molecule has 7 nitrogen and oxygen atoms in total. The number of hydrogen-bond acceptors (Lipinski definition) is 7. The van der Waals surface area contributed by atoms with E-state index in [9.17, 15) is 9.90 Å². The average Bonchev–Trinajstić information content (AvgIpc) is 2.31. The molecule has 1 atom stereocenters. The third-order valence-electron chi connectivity index (χ3n) is 2.16. The van der Waals surface area contributed by atoms with Crippen LogP contribution in [0.4, 0.5) is 0 Å². The number of benzene rings is 1. The summed E-state index contributed by atoms with van der Waals surface area (Å²) in [4.78, 5) is 28.4. The highest BCUT2D eigenvalue weighted by Gasteiger charge is 2.16. The SMILES string of the molecule is COC(=O)C(N)Cc1ccc(OP(O)O)c(O)c1. The van der Waals surface area contributed by atoms with E-state index in [0.717, 1.165) is 0 Å². The summed E-state index contributed by atoms with van der Waals surface area (Å²) in [6, 6.07) is 3.42. The number of methoxy groups -OCH3 is 1. The van der Waals surface area contributed by atoms with E-state index in [-0.39, 0.29) is 17.9 Å². The van der Waals surface area contributed by atoms with Crippen LogP contribution in [0, 0.1) is 0 Å². The van der Waals surface area contributed by atoms with E-state index in [0.29, 0.717) is 5.56 Å². The van der Waals surface area contributed by atoms with Crippen LogP contribution < -0.4 is 10.3 Å². The summed E-state index contributed by atoms with van der Waals surface area (Å²) < 4.78 is 9.05. The molecule has 100 valence electrons. The number of esters is 1. The lowest BCUT2D eigenvalue weighted by Gasteiger charge is -2.11. The number of aromatic hydroxyl groups is 1. The molecular formula is C10H14NO6P. The molecule has 0 heterocycles. The number of phenolic OH excluding ortho intramolecular Hbond substituents is 1. The highest BCUT2D eigenvalue weighted by molar-refractivity contribution is 7.39. The van der Waals surface area contributed by atoms with Gasteiger partial charge in [-0.3, -0.25) is 4.79 Å². The van der Waals surface area contributed by atoms with E-state index >= 15 is 0 Å². The number of carbonyl (C=O) groups is 1. The average molecular weight is 275 g/mol. The minimum Gasteiger partial charge on any atom is -0.504 e.